The molecule has 8 heteroatoms. The molecule has 30 heavy (non-hydrogen) atoms. The molecular weight excluding hydrogens is 404 g/mol. The summed E-state index contributed by atoms with van der Waals surface area (Å²) in [6.07, 6.45) is 0. The van der Waals surface area contributed by atoms with Crippen molar-refractivity contribution in [3.05, 3.63) is 65.0 Å². The van der Waals surface area contributed by atoms with Crippen molar-refractivity contribution < 1.29 is 14.1 Å². The van der Waals surface area contributed by atoms with Crippen LogP contribution in [0.1, 0.15) is 23.2 Å². The fourth-order valence-electron chi connectivity index (χ4n) is 3.60. The van der Waals surface area contributed by atoms with Crippen LogP contribution in [0.4, 0.5) is 5.69 Å². The number of carbonyl (C=O) groups excluding carboxylic acids is 1. The van der Waals surface area contributed by atoms with Gasteiger partial charge >= 0.3 is 5.97 Å². The van der Waals surface area contributed by atoms with Crippen LogP contribution in [-0.4, -0.2) is 53.8 Å². The molecule has 1 aliphatic heterocycles. The number of methoxy groups -OCH3 is 1. The maximum absolute atomic E-state index is 11.6. The smallest absolute Gasteiger partial charge is 0.337 e. The monoisotopic (exact) mass is 426 g/mol. The van der Waals surface area contributed by atoms with Gasteiger partial charge in [0.25, 0.3) is 0 Å². The van der Waals surface area contributed by atoms with E-state index in [1.54, 1.807) is 12.1 Å². The fourth-order valence-corrected chi connectivity index (χ4v) is 3.73. The number of piperazine rings is 1. The Morgan fingerprint density at radius 3 is 2.57 bits per heavy atom. The van der Waals surface area contributed by atoms with E-state index in [4.69, 9.17) is 20.9 Å². The lowest BCUT2D eigenvalue weighted by molar-refractivity contribution is 0.0600. The number of hydrogen-bond acceptors (Lipinski definition) is 7. The van der Waals surface area contributed by atoms with Crippen molar-refractivity contribution in [3.63, 3.8) is 0 Å². The minimum atomic E-state index is -0.322. The molecule has 7 nitrogen and oxygen atoms in total. The summed E-state index contributed by atoms with van der Waals surface area (Å²) in [6, 6.07) is 15.2. The number of hydrogen-bond donors (Lipinski definition) is 0. The van der Waals surface area contributed by atoms with Crippen molar-refractivity contribution in [1.29, 1.82) is 0 Å². The van der Waals surface area contributed by atoms with E-state index in [-0.39, 0.29) is 5.97 Å². The quantitative estimate of drug-likeness (QED) is 0.573. The van der Waals surface area contributed by atoms with E-state index in [1.165, 1.54) is 7.11 Å². The molecule has 1 atom stereocenters. The van der Waals surface area contributed by atoms with Crippen molar-refractivity contribution in [2.75, 3.05) is 31.6 Å². The molecule has 1 aromatic heterocycles. The average Bonchev–Trinajstić information content (AvgIpc) is 3.24. The van der Waals surface area contributed by atoms with Crippen molar-refractivity contribution in [2.45, 2.75) is 19.5 Å². The topological polar surface area (TPSA) is 71.7 Å². The molecule has 2 heterocycles. The van der Waals surface area contributed by atoms with Crippen molar-refractivity contribution in [3.8, 4) is 11.4 Å². The van der Waals surface area contributed by atoms with E-state index in [1.807, 2.05) is 36.4 Å². The van der Waals surface area contributed by atoms with E-state index < -0.39 is 0 Å². The van der Waals surface area contributed by atoms with Gasteiger partial charge in [-0.3, -0.25) is 4.90 Å². The fraction of sp³-hybridized carbons (Fsp3) is 0.318. The molecule has 1 fully saturated rings. The average molecular weight is 427 g/mol. The Bertz CT molecular complexity index is 1000. The molecule has 0 saturated carbocycles. The van der Waals surface area contributed by atoms with E-state index >= 15 is 0 Å². The normalized spacial score (nSPS) is 17.2. The van der Waals surface area contributed by atoms with E-state index in [0.717, 1.165) is 30.9 Å². The zero-order valence-electron chi connectivity index (χ0n) is 16.9. The molecule has 4 rings (SSSR count). The van der Waals surface area contributed by atoms with Crippen LogP contribution >= 0.6 is 11.6 Å². The predicted molar refractivity (Wildman–Crippen MR) is 115 cm³/mol. The molecule has 0 aliphatic carbocycles. The largest absolute Gasteiger partial charge is 0.465 e. The molecule has 156 valence electrons. The summed E-state index contributed by atoms with van der Waals surface area (Å²) in [7, 11) is 1.39. The summed E-state index contributed by atoms with van der Waals surface area (Å²) < 4.78 is 10.2. The molecule has 2 aromatic carbocycles. The van der Waals surface area contributed by atoms with Crippen LogP contribution in [0.25, 0.3) is 11.4 Å². The number of anilines is 1. The zero-order valence-corrected chi connectivity index (χ0v) is 17.7. The molecule has 0 bridgehead atoms. The molecule has 1 saturated heterocycles. The second-order valence-corrected chi connectivity index (χ2v) is 7.76. The number of aromatic nitrogens is 2. The van der Waals surface area contributed by atoms with Gasteiger partial charge in [-0.25, -0.2) is 4.79 Å². The third kappa shape index (κ3) is 4.47. The number of benzene rings is 2. The van der Waals surface area contributed by atoms with E-state index in [2.05, 4.69) is 26.9 Å². The number of carbonyl (C=O) groups is 1. The summed E-state index contributed by atoms with van der Waals surface area (Å²) in [6.45, 7) is 5.41. The van der Waals surface area contributed by atoms with Crippen molar-refractivity contribution in [1.82, 2.24) is 15.0 Å². The first kappa shape index (κ1) is 20.4. The highest BCUT2D eigenvalue weighted by molar-refractivity contribution is 6.30. The van der Waals surface area contributed by atoms with Crippen LogP contribution < -0.4 is 4.90 Å². The van der Waals surface area contributed by atoms with Crippen LogP contribution in [0.15, 0.2) is 53.1 Å². The summed E-state index contributed by atoms with van der Waals surface area (Å²) in [5.41, 5.74) is 2.53. The summed E-state index contributed by atoms with van der Waals surface area (Å²) >= 11 is 5.94. The second kappa shape index (κ2) is 8.85. The minimum Gasteiger partial charge on any atom is -0.465 e. The van der Waals surface area contributed by atoms with Crippen LogP contribution in [0, 0.1) is 0 Å². The Kier molecular flexibility index (Phi) is 6.01. The summed E-state index contributed by atoms with van der Waals surface area (Å²) in [5, 5.41) is 4.77. The van der Waals surface area contributed by atoms with Crippen LogP contribution in [0.5, 0.6) is 0 Å². The number of esters is 1. The van der Waals surface area contributed by atoms with Gasteiger partial charge in [0.1, 0.15) is 0 Å². The molecule has 0 spiro atoms. The molecule has 0 radical (unpaired) electrons. The van der Waals surface area contributed by atoms with Crippen LogP contribution in [0.3, 0.4) is 0 Å². The number of ether oxygens (including phenoxy) is 1. The van der Waals surface area contributed by atoms with Gasteiger partial charge in [-0.1, -0.05) is 16.8 Å². The predicted octanol–water partition coefficient (Wildman–Crippen LogP) is 3.89. The first-order valence-electron chi connectivity index (χ1n) is 9.79. The number of nitrogens with zero attached hydrogens (tertiary/aromatic N) is 4. The molecule has 3 aromatic rings. The molecule has 0 amide bonds. The Hall–Kier alpha value is -2.90. The molecule has 1 unspecified atom stereocenters. The summed E-state index contributed by atoms with van der Waals surface area (Å²) in [5.74, 6) is 0.846. The highest BCUT2D eigenvalue weighted by atomic mass is 35.5. The van der Waals surface area contributed by atoms with Gasteiger partial charge in [0, 0.05) is 41.9 Å². The first-order chi connectivity index (χ1) is 14.5. The molecule has 0 N–H and O–H groups in total. The van der Waals surface area contributed by atoms with Gasteiger partial charge in [-0.2, -0.15) is 4.98 Å². The van der Waals surface area contributed by atoms with Gasteiger partial charge < -0.3 is 14.2 Å². The standard InChI is InChI=1S/C22H23ClN4O3/c1-15-13-27(19-9-5-17(6-10-19)22(28)29-2)12-11-26(15)14-20-24-21(25-30-20)16-3-7-18(23)8-4-16/h3-10,15H,11-14H2,1-2H3. The van der Waals surface area contributed by atoms with Crippen LogP contribution in [0.2, 0.25) is 5.02 Å². The Morgan fingerprint density at radius 1 is 1.17 bits per heavy atom. The van der Waals surface area contributed by atoms with E-state index in [0.29, 0.717) is 34.9 Å². The SMILES string of the molecule is COC(=O)c1ccc(N2CCN(Cc3nc(-c4ccc(Cl)cc4)no3)C(C)C2)cc1. The lowest BCUT2D eigenvalue weighted by atomic mass is 10.1. The molecular formula is C22H23ClN4O3. The maximum atomic E-state index is 11.6. The minimum absolute atomic E-state index is 0.310. The zero-order chi connectivity index (χ0) is 21.1. The van der Waals surface area contributed by atoms with Gasteiger partial charge in [-0.15, -0.1) is 0 Å². The summed E-state index contributed by atoms with van der Waals surface area (Å²) in [4.78, 5) is 20.8. The third-order valence-electron chi connectivity index (χ3n) is 5.33. The Morgan fingerprint density at radius 2 is 1.90 bits per heavy atom. The van der Waals surface area contributed by atoms with Gasteiger partial charge in [0.05, 0.1) is 19.2 Å². The van der Waals surface area contributed by atoms with Crippen LogP contribution in [-0.2, 0) is 11.3 Å². The highest BCUT2D eigenvalue weighted by Crippen LogP contribution is 2.23. The van der Waals surface area contributed by atoms with Crippen molar-refractivity contribution in [2.24, 2.45) is 0 Å². The van der Waals surface area contributed by atoms with Gasteiger partial charge in [-0.05, 0) is 55.5 Å². The highest BCUT2D eigenvalue weighted by Gasteiger charge is 2.25. The van der Waals surface area contributed by atoms with Gasteiger partial charge in [0.2, 0.25) is 11.7 Å². The third-order valence-corrected chi connectivity index (χ3v) is 5.58. The Balaban J connectivity index is 1.37. The lowest BCUT2D eigenvalue weighted by Crippen LogP contribution is -2.51. The Labute approximate surface area is 180 Å². The van der Waals surface area contributed by atoms with Gasteiger partial charge in [0.15, 0.2) is 0 Å². The van der Waals surface area contributed by atoms with Crippen molar-refractivity contribution >= 4 is 23.3 Å². The lowest BCUT2D eigenvalue weighted by Gasteiger charge is -2.40. The number of rotatable bonds is 5. The first-order valence-corrected chi connectivity index (χ1v) is 10.2. The number of halogens is 1. The van der Waals surface area contributed by atoms with E-state index in [9.17, 15) is 4.79 Å². The maximum Gasteiger partial charge on any atom is 0.337 e. The second-order valence-electron chi connectivity index (χ2n) is 7.32. The molecule has 1 aliphatic rings.